The van der Waals surface area contributed by atoms with Crippen LogP contribution in [0.5, 0.6) is 0 Å². The molecule has 0 atom stereocenters. The van der Waals surface area contributed by atoms with Gasteiger partial charge in [-0.15, -0.1) is 0 Å². The van der Waals surface area contributed by atoms with Gasteiger partial charge in [0.05, 0.1) is 11.4 Å². The van der Waals surface area contributed by atoms with E-state index in [0.717, 1.165) is 39.7 Å². The summed E-state index contributed by atoms with van der Waals surface area (Å²) in [4.78, 5) is 9.59. The number of furan rings is 1. The molecule has 5 rings (SSSR count). The van der Waals surface area contributed by atoms with Crippen LogP contribution in [0.1, 0.15) is 30.5 Å². The molecule has 0 amide bonds. The highest BCUT2D eigenvalue weighted by atomic mass is 16.3. The Kier molecular flexibility index (Phi) is 4.82. The molecule has 3 nitrogen and oxygen atoms in total. The van der Waals surface area contributed by atoms with Crippen LogP contribution in [-0.2, 0) is 6.42 Å². The standard InChI is InChI=1S/C28H26N2O/c1-17(2)15-20-13-14-29-24(16-20)21-9-6-10-25-27(21)22-11-12-23(30-28(22)31-25)26-18(3)7-5-8-19(26)4/h5-14,16-17H,15H2,1-4H3. The zero-order chi connectivity index (χ0) is 21.5. The Hall–Kier alpha value is -3.46. The molecule has 3 aromatic heterocycles. The van der Waals surface area contributed by atoms with Crippen molar-refractivity contribution in [3.63, 3.8) is 0 Å². The summed E-state index contributed by atoms with van der Waals surface area (Å²) in [5, 5.41) is 2.10. The van der Waals surface area contributed by atoms with Gasteiger partial charge in [0, 0.05) is 28.1 Å². The van der Waals surface area contributed by atoms with Crippen LogP contribution in [0, 0.1) is 19.8 Å². The molecule has 2 aromatic carbocycles. The molecule has 0 aliphatic carbocycles. The van der Waals surface area contributed by atoms with E-state index in [1.807, 2.05) is 18.3 Å². The van der Waals surface area contributed by atoms with E-state index >= 15 is 0 Å². The second-order valence-electron chi connectivity index (χ2n) is 8.74. The third-order valence-corrected chi connectivity index (χ3v) is 5.84. The fourth-order valence-electron chi connectivity index (χ4n) is 4.50. The minimum Gasteiger partial charge on any atom is -0.438 e. The number of fused-ring (bicyclic) bond motifs is 3. The molecule has 0 saturated heterocycles. The quantitative estimate of drug-likeness (QED) is 0.310. The molecule has 0 spiro atoms. The zero-order valence-electron chi connectivity index (χ0n) is 18.4. The Morgan fingerprint density at radius 1 is 0.871 bits per heavy atom. The van der Waals surface area contributed by atoms with E-state index in [9.17, 15) is 0 Å². The zero-order valence-corrected chi connectivity index (χ0v) is 18.4. The summed E-state index contributed by atoms with van der Waals surface area (Å²) in [6.07, 6.45) is 2.95. The summed E-state index contributed by atoms with van der Waals surface area (Å²) in [5.74, 6) is 0.605. The summed E-state index contributed by atoms with van der Waals surface area (Å²) in [6, 6.07) is 21.0. The molecule has 0 aliphatic rings. The minimum absolute atomic E-state index is 0.605. The van der Waals surface area contributed by atoms with E-state index in [2.05, 4.69) is 81.2 Å². The summed E-state index contributed by atoms with van der Waals surface area (Å²) >= 11 is 0. The van der Waals surface area contributed by atoms with Crippen molar-refractivity contribution in [2.75, 3.05) is 0 Å². The lowest BCUT2D eigenvalue weighted by atomic mass is 9.98. The number of benzene rings is 2. The Labute approximate surface area is 182 Å². The molecular weight excluding hydrogens is 380 g/mol. The van der Waals surface area contributed by atoms with Crippen molar-refractivity contribution in [2.24, 2.45) is 5.92 Å². The molecule has 0 unspecified atom stereocenters. The Morgan fingerprint density at radius 2 is 1.65 bits per heavy atom. The van der Waals surface area contributed by atoms with Crippen LogP contribution in [0.25, 0.3) is 44.6 Å². The first-order valence-electron chi connectivity index (χ1n) is 10.9. The predicted molar refractivity (Wildman–Crippen MR) is 128 cm³/mol. The molecule has 0 N–H and O–H groups in total. The van der Waals surface area contributed by atoms with Gasteiger partial charge >= 0.3 is 0 Å². The molecule has 3 heteroatoms. The smallest absolute Gasteiger partial charge is 0.227 e. The van der Waals surface area contributed by atoms with Crippen LogP contribution in [0.15, 0.2) is 71.3 Å². The fourth-order valence-corrected chi connectivity index (χ4v) is 4.50. The van der Waals surface area contributed by atoms with Crippen LogP contribution in [0.4, 0.5) is 0 Å². The topological polar surface area (TPSA) is 38.9 Å². The van der Waals surface area contributed by atoms with Crippen LogP contribution in [-0.4, -0.2) is 9.97 Å². The lowest BCUT2D eigenvalue weighted by Gasteiger charge is -2.09. The lowest BCUT2D eigenvalue weighted by Crippen LogP contribution is -1.95. The first-order chi connectivity index (χ1) is 15.0. The predicted octanol–water partition coefficient (Wildman–Crippen LogP) is 7.53. The molecule has 3 heterocycles. The first kappa shape index (κ1) is 19.5. The Morgan fingerprint density at radius 3 is 2.42 bits per heavy atom. The largest absolute Gasteiger partial charge is 0.438 e. The molecule has 154 valence electrons. The lowest BCUT2D eigenvalue weighted by molar-refractivity contribution is 0.647. The molecule has 0 saturated carbocycles. The maximum atomic E-state index is 6.21. The van der Waals surface area contributed by atoms with Crippen molar-refractivity contribution in [1.29, 1.82) is 0 Å². The highest BCUT2D eigenvalue weighted by molar-refractivity contribution is 6.11. The van der Waals surface area contributed by atoms with Gasteiger partial charge in [-0.25, -0.2) is 4.98 Å². The normalized spacial score (nSPS) is 11.6. The van der Waals surface area contributed by atoms with E-state index in [0.29, 0.717) is 11.6 Å². The third kappa shape index (κ3) is 3.50. The number of nitrogens with zero attached hydrogens (tertiary/aromatic N) is 2. The number of hydrogen-bond donors (Lipinski definition) is 0. The molecule has 5 aromatic rings. The van der Waals surface area contributed by atoms with Crippen molar-refractivity contribution in [3.05, 3.63) is 83.6 Å². The van der Waals surface area contributed by atoms with E-state index in [1.165, 1.54) is 22.3 Å². The molecule has 0 aliphatic heterocycles. The van der Waals surface area contributed by atoms with Crippen LogP contribution < -0.4 is 0 Å². The van der Waals surface area contributed by atoms with Gasteiger partial charge in [0.2, 0.25) is 5.71 Å². The second-order valence-corrected chi connectivity index (χ2v) is 8.74. The average Bonchev–Trinajstić information content (AvgIpc) is 3.11. The molecule has 0 bridgehead atoms. The molecule has 0 fully saturated rings. The van der Waals surface area contributed by atoms with Crippen molar-refractivity contribution in [1.82, 2.24) is 9.97 Å². The number of pyridine rings is 2. The SMILES string of the molecule is Cc1cccc(C)c1-c1ccc2c(n1)oc1cccc(-c3cc(CC(C)C)ccn3)c12. The highest BCUT2D eigenvalue weighted by Crippen LogP contribution is 2.37. The van der Waals surface area contributed by atoms with E-state index in [1.54, 1.807) is 0 Å². The van der Waals surface area contributed by atoms with Crippen LogP contribution in [0.2, 0.25) is 0 Å². The third-order valence-electron chi connectivity index (χ3n) is 5.84. The first-order valence-corrected chi connectivity index (χ1v) is 10.9. The Balaban J connectivity index is 1.69. The molecule has 31 heavy (non-hydrogen) atoms. The van der Waals surface area contributed by atoms with Crippen LogP contribution in [0.3, 0.4) is 0 Å². The van der Waals surface area contributed by atoms with Crippen LogP contribution >= 0.6 is 0 Å². The van der Waals surface area contributed by atoms with Crippen molar-refractivity contribution in [2.45, 2.75) is 34.1 Å². The summed E-state index contributed by atoms with van der Waals surface area (Å²) in [6.45, 7) is 8.73. The maximum Gasteiger partial charge on any atom is 0.227 e. The van der Waals surface area contributed by atoms with Gasteiger partial charge in [0.1, 0.15) is 5.58 Å². The van der Waals surface area contributed by atoms with Crippen molar-refractivity contribution >= 4 is 22.1 Å². The fraction of sp³-hybridized carbons (Fsp3) is 0.214. The summed E-state index contributed by atoms with van der Waals surface area (Å²) in [7, 11) is 0. The highest BCUT2D eigenvalue weighted by Gasteiger charge is 2.16. The maximum absolute atomic E-state index is 6.21. The average molecular weight is 407 g/mol. The monoisotopic (exact) mass is 406 g/mol. The van der Waals surface area contributed by atoms with E-state index in [-0.39, 0.29) is 0 Å². The van der Waals surface area contributed by atoms with E-state index < -0.39 is 0 Å². The van der Waals surface area contributed by atoms with Gasteiger partial charge in [0.25, 0.3) is 0 Å². The van der Waals surface area contributed by atoms with Gasteiger partial charge in [-0.1, -0.05) is 44.2 Å². The number of rotatable bonds is 4. The second kappa shape index (κ2) is 7.66. The summed E-state index contributed by atoms with van der Waals surface area (Å²) < 4.78 is 6.21. The number of aromatic nitrogens is 2. The van der Waals surface area contributed by atoms with Gasteiger partial charge in [-0.2, -0.15) is 0 Å². The van der Waals surface area contributed by atoms with Gasteiger partial charge in [-0.3, -0.25) is 4.98 Å². The Bertz CT molecular complexity index is 1390. The van der Waals surface area contributed by atoms with Gasteiger partial charge in [-0.05, 0) is 73.2 Å². The number of aryl methyl sites for hydroxylation is 2. The van der Waals surface area contributed by atoms with E-state index in [4.69, 9.17) is 9.40 Å². The molecule has 0 radical (unpaired) electrons. The van der Waals surface area contributed by atoms with Gasteiger partial charge in [0.15, 0.2) is 0 Å². The van der Waals surface area contributed by atoms with Crippen molar-refractivity contribution < 1.29 is 4.42 Å². The summed E-state index contributed by atoms with van der Waals surface area (Å²) in [5.41, 5.74) is 9.43. The number of hydrogen-bond acceptors (Lipinski definition) is 3. The molecular formula is C28H26N2O. The van der Waals surface area contributed by atoms with Gasteiger partial charge < -0.3 is 4.42 Å². The van der Waals surface area contributed by atoms with Crippen molar-refractivity contribution in [3.8, 4) is 22.5 Å². The minimum atomic E-state index is 0.605.